The number of benzene rings is 2. The van der Waals surface area contributed by atoms with Crippen LogP contribution >= 0.6 is 58.0 Å². The number of aromatic amines is 1. The van der Waals surface area contributed by atoms with Gasteiger partial charge in [0.15, 0.2) is 0 Å². The Morgan fingerprint density at radius 3 is 1.95 bits per heavy atom. The van der Waals surface area contributed by atoms with Gasteiger partial charge in [0, 0.05) is 22.7 Å². The van der Waals surface area contributed by atoms with Crippen LogP contribution in [0.5, 0.6) is 0 Å². The number of rotatable bonds is 1. The van der Waals surface area contributed by atoms with Gasteiger partial charge in [-0.15, -0.1) is 0 Å². The summed E-state index contributed by atoms with van der Waals surface area (Å²) in [5.74, 6) is -0.353. The first-order valence-electron chi connectivity index (χ1n) is 5.71. The summed E-state index contributed by atoms with van der Waals surface area (Å²) in [6.45, 7) is 0. The predicted octanol–water partition coefficient (Wildman–Crippen LogP) is 7.24. The first kappa shape index (κ1) is 15.3. The molecule has 2 aromatic carbocycles. The lowest BCUT2D eigenvalue weighted by molar-refractivity contribution is 0.640. The normalized spacial score (nSPS) is 11.3. The molecule has 0 saturated carbocycles. The van der Waals surface area contributed by atoms with E-state index in [1.807, 2.05) is 0 Å². The largest absolute Gasteiger partial charge is 0.361 e. The summed E-state index contributed by atoms with van der Waals surface area (Å²) in [7, 11) is 0. The molecule has 1 N–H and O–H groups in total. The highest BCUT2D eigenvalue weighted by Crippen LogP contribution is 2.49. The van der Waals surface area contributed by atoms with Crippen LogP contribution in [0.15, 0.2) is 24.4 Å². The van der Waals surface area contributed by atoms with Gasteiger partial charge >= 0.3 is 0 Å². The van der Waals surface area contributed by atoms with Crippen LogP contribution in [0.3, 0.4) is 0 Å². The lowest BCUT2D eigenvalue weighted by Gasteiger charge is -2.13. The minimum atomic E-state index is -0.353. The highest BCUT2D eigenvalue weighted by atomic mass is 35.5. The zero-order chi connectivity index (χ0) is 15.3. The molecular weight excluding hydrogens is 378 g/mol. The lowest BCUT2D eigenvalue weighted by Crippen LogP contribution is -1.89. The molecule has 0 aliphatic rings. The summed E-state index contributed by atoms with van der Waals surface area (Å²) in [5.41, 5.74) is 1.55. The number of halogens is 6. The van der Waals surface area contributed by atoms with Gasteiger partial charge in [-0.25, -0.2) is 4.39 Å². The van der Waals surface area contributed by atoms with Crippen molar-refractivity contribution in [2.45, 2.75) is 0 Å². The van der Waals surface area contributed by atoms with E-state index in [0.717, 1.165) is 0 Å². The molecule has 0 bridgehead atoms. The standard InChI is InChI=1S/C14H5Cl5FN/c15-9-8(10(16)12(18)13(19)11(9)17)6-1-2-7(20)5-3-4-21-14(5)6/h1-4,21H. The molecule has 1 nitrogen and oxygen atoms in total. The Kier molecular flexibility index (Phi) is 4.02. The molecule has 21 heavy (non-hydrogen) atoms. The van der Waals surface area contributed by atoms with Crippen molar-refractivity contribution in [2.24, 2.45) is 0 Å². The quantitative estimate of drug-likeness (QED) is 0.337. The number of H-pyrrole nitrogens is 1. The molecule has 0 spiro atoms. The van der Waals surface area contributed by atoms with Crippen molar-refractivity contribution < 1.29 is 4.39 Å². The molecule has 0 amide bonds. The molecule has 7 heteroatoms. The van der Waals surface area contributed by atoms with Gasteiger partial charge in [-0.1, -0.05) is 58.0 Å². The number of nitrogens with one attached hydrogen (secondary N) is 1. The van der Waals surface area contributed by atoms with E-state index < -0.39 is 0 Å². The van der Waals surface area contributed by atoms with Gasteiger partial charge in [-0.05, 0) is 18.2 Å². The summed E-state index contributed by atoms with van der Waals surface area (Å²) >= 11 is 30.6. The highest BCUT2D eigenvalue weighted by Gasteiger charge is 2.22. The molecule has 3 aromatic rings. The third kappa shape index (κ3) is 2.30. The number of hydrogen-bond donors (Lipinski definition) is 1. The Morgan fingerprint density at radius 2 is 1.33 bits per heavy atom. The van der Waals surface area contributed by atoms with Gasteiger partial charge in [-0.3, -0.25) is 0 Å². The fraction of sp³-hybridized carbons (Fsp3) is 0. The number of fused-ring (bicyclic) bond motifs is 1. The monoisotopic (exact) mass is 381 g/mol. The Balaban J connectivity index is 2.44. The third-order valence-electron chi connectivity index (χ3n) is 3.15. The maximum absolute atomic E-state index is 13.8. The third-order valence-corrected chi connectivity index (χ3v) is 5.43. The molecule has 0 radical (unpaired) electrons. The number of aromatic nitrogens is 1. The van der Waals surface area contributed by atoms with Crippen LogP contribution in [0.1, 0.15) is 0 Å². The molecule has 1 heterocycles. The maximum atomic E-state index is 13.8. The van der Waals surface area contributed by atoms with Gasteiger partial charge in [0.25, 0.3) is 0 Å². The molecule has 0 unspecified atom stereocenters. The van der Waals surface area contributed by atoms with Crippen LogP contribution in [-0.2, 0) is 0 Å². The van der Waals surface area contributed by atoms with Crippen molar-refractivity contribution in [3.8, 4) is 11.1 Å². The predicted molar refractivity (Wildman–Crippen MR) is 88.7 cm³/mol. The van der Waals surface area contributed by atoms with Crippen LogP contribution in [-0.4, -0.2) is 4.98 Å². The van der Waals surface area contributed by atoms with E-state index >= 15 is 0 Å². The maximum Gasteiger partial charge on any atom is 0.132 e. The zero-order valence-electron chi connectivity index (χ0n) is 10.1. The fourth-order valence-electron chi connectivity index (χ4n) is 2.17. The van der Waals surface area contributed by atoms with E-state index in [1.165, 1.54) is 6.07 Å². The smallest absolute Gasteiger partial charge is 0.132 e. The fourth-order valence-corrected chi connectivity index (χ4v) is 3.51. The van der Waals surface area contributed by atoms with Crippen LogP contribution < -0.4 is 0 Å². The van der Waals surface area contributed by atoms with Crippen molar-refractivity contribution in [2.75, 3.05) is 0 Å². The molecule has 0 saturated heterocycles. The topological polar surface area (TPSA) is 15.8 Å². The van der Waals surface area contributed by atoms with E-state index in [0.29, 0.717) is 22.0 Å². The van der Waals surface area contributed by atoms with Crippen molar-refractivity contribution in [3.05, 3.63) is 55.3 Å². The zero-order valence-corrected chi connectivity index (χ0v) is 13.9. The van der Waals surface area contributed by atoms with Crippen molar-refractivity contribution in [1.82, 2.24) is 4.98 Å². The molecule has 0 aliphatic carbocycles. The van der Waals surface area contributed by atoms with Crippen LogP contribution in [0.4, 0.5) is 4.39 Å². The van der Waals surface area contributed by atoms with Gasteiger partial charge in [0.2, 0.25) is 0 Å². The van der Waals surface area contributed by atoms with E-state index in [1.54, 1.807) is 18.3 Å². The SMILES string of the molecule is Fc1ccc(-c2c(Cl)c(Cl)c(Cl)c(Cl)c2Cl)c2[nH]ccc12. The Morgan fingerprint density at radius 1 is 0.762 bits per heavy atom. The molecule has 0 aliphatic heterocycles. The van der Waals surface area contributed by atoms with Crippen LogP contribution in [0.25, 0.3) is 22.0 Å². The summed E-state index contributed by atoms with van der Waals surface area (Å²) in [4.78, 5) is 2.96. The Labute approximate surface area is 144 Å². The summed E-state index contributed by atoms with van der Waals surface area (Å²) < 4.78 is 13.8. The van der Waals surface area contributed by atoms with Crippen molar-refractivity contribution in [1.29, 1.82) is 0 Å². The minimum absolute atomic E-state index is 0.0851. The first-order valence-corrected chi connectivity index (χ1v) is 7.60. The second-order valence-corrected chi connectivity index (χ2v) is 6.20. The summed E-state index contributed by atoms with van der Waals surface area (Å²) in [6.07, 6.45) is 1.62. The summed E-state index contributed by atoms with van der Waals surface area (Å²) in [5, 5.41) is 1.04. The van der Waals surface area contributed by atoms with Gasteiger partial charge in [0.05, 0.1) is 30.6 Å². The number of hydrogen-bond acceptors (Lipinski definition) is 0. The van der Waals surface area contributed by atoms with Crippen LogP contribution in [0, 0.1) is 5.82 Å². The average Bonchev–Trinajstić information content (AvgIpc) is 2.96. The first-order chi connectivity index (χ1) is 9.93. The average molecular weight is 383 g/mol. The van der Waals surface area contributed by atoms with Gasteiger partial charge < -0.3 is 4.98 Å². The highest BCUT2D eigenvalue weighted by molar-refractivity contribution is 6.56. The van der Waals surface area contributed by atoms with Crippen LogP contribution in [0.2, 0.25) is 25.1 Å². The Bertz CT molecular complexity index is 842. The van der Waals surface area contributed by atoms with Crippen molar-refractivity contribution in [3.63, 3.8) is 0 Å². The Hall–Kier alpha value is -0.640. The van der Waals surface area contributed by atoms with E-state index in [-0.39, 0.29) is 30.9 Å². The second kappa shape index (κ2) is 5.53. The molecule has 0 fully saturated rings. The summed E-state index contributed by atoms with van der Waals surface area (Å²) in [6, 6.07) is 4.51. The lowest BCUT2D eigenvalue weighted by atomic mass is 10.0. The molecule has 108 valence electrons. The minimum Gasteiger partial charge on any atom is -0.361 e. The van der Waals surface area contributed by atoms with E-state index in [2.05, 4.69) is 4.98 Å². The molecule has 1 aromatic heterocycles. The second-order valence-electron chi connectivity index (χ2n) is 4.31. The molecule has 3 rings (SSSR count). The van der Waals surface area contributed by atoms with E-state index in [4.69, 9.17) is 58.0 Å². The molecule has 0 atom stereocenters. The van der Waals surface area contributed by atoms with Gasteiger partial charge in [0.1, 0.15) is 5.82 Å². The van der Waals surface area contributed by atoms with Gasteiger partial charge in [-0.2, -0.15) is 0 Å². The molecular formula is C14H5Cl5FN. The van der Waals surface area contributed by atoms with E-state index in [9.17, 15) is 4.39 Å². The van der Waals surface area contributed by atoms with Crippen molar-refractivity contribution >= 4 is 68.9 Å².